The zero-order valence-electron chi connectivity index (χ0n) is 12.7. The lowest BCUT2D eigenvalue weighted by atomic mass is 10.1. The molecule has 0 fully saturated rings. The normalized spacial score (nSPS) is 13.7. The van der Waals surface area contributed by atoms with Gasteiger partial charge in [-0.25, -0.2) is 4.79 Å². The summed E-state index contributed by atoms with van der Waals surface area (Å²) in [7, 11) is 1.65. The fourth-order valence-corrected chi connectivity index (χ4v) is 2.81. The Morgan fingerprint density at radius 1 is 1.23 bits per heavy atom. The third kappa shape index (κ3) is 3.04. The average Bonchev–Trinajstić information content (AvgIpc) is 2.98. The zero-order chi connectivity index (χ0) is 15.4. The number of aryl methyl sites for hydroxylation is 1. The highest BCUT2D eigenvalue weighted by Gasteiger charge is 2.21. The second-order valence-corrected chi connectivity index (χ2v) is 5.46. The van der Waals surface area contributed by atoms with Crippen molar-refractivity contribution in [2.24, 2.45) is 0 Å². The van der Waals surface area contributed by atoms with Crippen LogP contribution in [0.1, 0.15) is 40.0 Å². The van der Waals surface area contributed by atoms with Gasteiger partial charge in [-0.3, -0.25) is 4.68 Å². The van der Waals surface area contributed by atoms with Crippen molar-refractivity contribution in [2.45, 2.75) is 39.0 Å². The number of nitrogens with zero attached hydrogens (tertiary/aromatic N) is 2. The van der Waals surface area contributed by atoms with Crippen molar-refractivity contribution in [3.63, 3.8) is 0 Å². The number of hydrogen-bond donors (Lipinski definition) is 0. The molecular weight excluding hydrogens is 280 g/mol. The largest absolute Gasteiger partial charge is 0.457 e. The smallest absolute Gasteiger partial charge is 0.341 e. The number of methoxy groups -OCH3 is 1. The first-order valence-electron chi connectivity index (χ1n) is 7.57. The SMILES string of the molecule is COCc1ccccc1COC(=O)c1cnn2c1CCCC2. The van der Waals surface area contributed by atoms with E-state index in [0.717, 1.165) is 42.6 Å². The van der Waals surface area contributed by atoms with Gasteiger partial charge in [0.1, 0.15) is 12.2 Å². The molecule has 0 bridgehead atoms. The predicted octanol–water partition coefficient (Wildman–Crippen LogP) is 2.72. The maximum atomic E-state index is 12.3. The average molecular weight is 300 g/mol. The van der Waals surface area contributed by atoms with Crippen molar-refractivity contribution in [1.29, 1.82) is 0 Å². The van der Waals surface area contributed by atoms with Crippen LogP contribution in [-0.4, -0.2) is 22.9 Å². The Kier molecular flexibility index (Phi) is 4.53. The lowest BCUT2D eigenvalue weighted by Crippen LogP contribution is -2.15. The van der Waals surface area contributed by atoms with E-state index in [1.807, 2.05) is 28.9 Å². The van der Waals surface area contributed by atoms with E-state index in [-0.39, 0.29) is 12.6 Å². The summed E-state index contributed by atoms with van der Waals surface area (Å²) in [6, 6.07) is 7.82. The molecule has 5 nitrogen and oxygen atoms in total. The van der Waals surface area contributed by atoms with Crippen molar-refractivity contribution in [2.75, 3.05) is 7.11 Å². The van der Waals surface area contributed by atoms with E-state index in [1.165, 1.54) is 0 Å². The van der Waals surface area contributed by atoms with E-state index in [1.54, 1.807) is 13.3 Å². The van der Waals surface area contributed by atoms with Gasteiger partial charge in [-0.1, -0.05) is 24.3 Å². The fraction of sp³-hybridized carbons (Fsp3) is 0.412. The highest BCUT2D eigenvalue weighted by atomic mass is 16.5. The summed E-state index contributed by atoms with van der Waals surface area (Å²) < 4.78 is 12.6. The standard InChI is InChI=1S/C17H20N2O3/c1-21-11-13-6-2-3-7-14(13)12-22-17(20)15-10-18-19-9-5-4-8-16(15)19/h2-3,6-7,10H,4-5,8-9,11-12H2,1H3. The third-order valence-corrected chi connectivity index (χ3v) is 3.98. The molecule has 1 aromatic heterocycles. The first kappa shape index (κ1) is 14.8. The van der Waals surface area contributed by atoms with E-state index in [9.17, 15) is 4.79 Å². The van der Waals surface area contributed by atoms with Crippen molar-refractivity contribution in [3.05, 3.63) is 52.8 Å². The number of ether oxygens (including phenoxy) is 2. The first-order chi connectivity index (χ1) is 10.8. The molecule has 0 radical (unpaired) electrons. The summed E-state index contributed by atoms with van der Waals surface area (Å²) in [6.45, 7) is 1.65. The molecule has 2 aromatic rings. The van der Waals surface area contributed by atoms with Crippen molar-refractivity contribution < 1.29 is 14.3 Å². The summed E-state index contributed by atoms with van der Waals surface area (Å²) in [5.41, 5.74) is 3.61. The maximum Gasteiger partial charge on any atom is 0.341 e. The molecule has 116 valence electrons. The van der Waals surface area contributed by atoms with Crippen LogP contribution in [0.3, 0.4) is 0 Å². The molecule has 0 saturated heterocycles. The van der Waals surface area contributed by atoms with Gasteiger partial charge in [0.15, 0.2) is 0 Å². The second kappa shape index (κ2) is 6.75. The van der Waals surface area contributed by atoms with E-state index in [2.05, 4.69) is 5.10 Å². The van der Waals surface area contributed by atoms with Crippen LogP contribution >= 0.6 is 0 Å². The molecule has 0 amide bonds. The van der Waals surface area contributed by atoms with Gasteiger partial charge in [0, 0.05) is 13.7 Å². The number of aromatic nitrogens is 2. The van der Waals surface area contributed by atoms with Crippen LogP contribution in [0.15, 0.2) is 30.5 Å². The molecule has 0 saturated carbocycles. The molecular formula is C17H20N2O3. The number of carbonyl (C=O) groups is 1. The Labute approximate surface area is 129 Å². The van der Waals surface area contributed by atoms with Crippen LogP contribution in [0.2, 0.25) is 0 Å². The molecule has 1 aliphatic rings. The molecule has 22 heavy (non-hydrogen) atoms. The van der Waals surface area contributed by atoms with Gasteiger partial charge in [0.25, 0.3) is 0 Å². The van der Waals surface area contributed by atoms with Gasteiger partial charge in [0.2, 0.25) is 0 Å². The quantitative estimate of drug-likeness (QED) is 0.797. The maximum absolute atomic E-state index is 12.3. The van der Waals surface area contributed by atoms with E-state index in [4.69, 9.17) is 9.47 Å². The minimum atomic E-state index is -0.296. The van der Waals surface area contributed by atoms with Crippen molar-refractivity contribution >= 4 is 5.97 Å². The van der Waals surface area contributed by atoms with Crippen LogP contribution < -0.4 is 0 Å². The number of rotatable bonds is 5. The Morgan fingerprint density at radius 2 is 2.00 bits per heavy atom. The van der Waals surface area contributed by atoms with Gasteiger partial charge in [0.05, 0.1) is 18.5 Å². The Bertz CT molecular complexity index is 664. The van der Waals surface area contributed by atoms with Crippen LogP contribution in [0.25, 0.3) is 0 Å². The van der Waals surface area contributed by atoms with E-state index >= 15 is 0 Å². The monoisotopic (exact) mass is 300 g/mol. The molecule has 0 N–H and O–H groups in total. The molecule has 5 heteroatoms. The van der Waals surface area contributed by atoms with E-state index in [0.29, 0.717) is 12.2 Å². The van der Waals surface area contributed by atoms with Gasteiger partial charge in [-0.05, 0) is 30.4 Å². The molecule has 1 aromatic carbocycles. The predicted molar refractivity (Wildman–Crippen MR) is 81.4 cm³/mol. The lowest BCUT2D eigenvalue weighted by molar-refractivity contribution is 0.0467. The number of hydrogen-bond acceptors (Lipinski definition) is 4. The molecule has 0 atom stereocenters. The zero-order valence-corrected chi connectivity index (χ0v) is 12.7. The topological polar surface area (TPSA) is 53.4 Å². The van der Waals surface area contributed by atoms with Gasteiger partial charge in [-0.2, -0.15) is 5.10 Å². The number of esters is 1. The lowest BCUT2D eigenvalue weighted by Gasteiger charge is -2.14. The Hall–Kier alpha value is -2.14. The van der Waals surface area contributed by atoms with Gasteiger partial charge >= 0.3 is 5.97 Å². The van der Waals surface area contributed by atoms with Crippen molar-refractivity contribution in [3.8, 4) is 0 Å². The number of carbonyl (C=O) groups excluding carboxylic acids is 1. The first-order valence-corrected chi connectivity index (χ1v) is 7.57. The molecule has 0 spiro atoms. The van der Waals surface area contributed by atoms with E-state index < -0.39 is 0 Å². The Balaban J connectivity index is 1.69. The number of benzene rings is 1. The molecule has 3 rings (SSSR count). The fourth-order valence-electron chi connectivity index (χ4n) is 2.81. The summed E-state index contributed by atoms with van der Waals surface area (Å²) >= 11 is 0. The van der Waals surface area contributed by atoms with Crippen LogP contribution in [0.4, 0.5) is 0 Å². The molecule has 2 heterocycles. The molecule has 0 unspecified atom stereocenters. The van der Waals surface area contributed by atoms with Crippen LogP contribution in [0.5, 0.6) is 0 Å². The van der Waals surface area contributed by atoms with Crippen LogP contribution in [-0.2, 0) is 35.7 Å². The summed E-state index contributed by atoms with van der Waals surface area (Å²) in [4.78, 5) is 12.3. The Morgan fingerprint density at radius 3 is 2.77 bits per heavy atom. The highest BCUT2D eigenvalue weighted by Crippen LogP contribution is 2.19. The molecule has 0 aliphatic carbocycles. The van der Waals surface area contributed by atoms with Crippen molar-refractivity contribution in [1.82, 2.24) is 9.78 Å². The second-order valence-electron chi connectivity index (χ2n) is 5.46. The third-order valence-electron chi connectivity index (χ3n) is 3.98. The summed E-state index contributed by atoms with van der Waals surface area (Å²) in [5, 5.41) is 4.28. The van der Waals surface area contributed by atoms with Gasteiger partial charge in [-0.15, -0.1) is 0 Å². The highest BCUT2D eigenvalue weighted by molar-refractivity contribution is 5.90. The van der Waals surface area contributed by atoms with Crippen LogP contribution in [0, 0.1) is 0 Å². The molecule has 1 aliphatic heterocycles. The van der Waals surface area contributed by atoms with Gasteiger partial charge < -0.3 is 9.47 Å². The minimum absolute atomic E-state index is 0.253. The number of fused-ring (bicyclic) bond motifs is 1. The summed E-state index contributed by atoms with van der Waals surface area (Å²) in [5.74, 6) is -0.296. The summed E-state index contributed by atoms with van der Waals surface area (Å²) in [6.07, 6.45) is 4.74. The minimum Gasteiger partial charge on any atom is -0.457 e.